The number of aromatic nitrogens is 4. The van der Waals surface area contributed by atoms with Crippen molar-refractivity contribution in [3.8, 4) is 5.75 Å². The molecular formula is C22H29N5O4. The van der Waals surface area contributed by atoms with Gasteiger partial charge in [0.25, 0.3) is 5.56 Å². The zero-order chi connectivity index (χ0) is 22.0. The lowest BCUT2D eigenvalue weighted by Crippen LogP contribution is -2.40. The fourth-order valence-electron chi connectivity index (χ4n) is 4.35. The molecule has 1 fully saturated rings. The number of hydrogen-bond acceptors (Lipinski definition) is 6. The van der Waals surface area contributed by atoms with E-state index in [1.807, 2.05) is 4.57 Å². The van der Waals surface area contributed by atoms with E-state index in [0.29, 0.717) is 18.0 Å². The Labute approximate surface area is 179 Å². The molecule has 9 nitrogen and oxygen atoms in total. The summed E-state index contributed by atoms with van der Waals surface area (Å²) in [6, 6.07) is 7.07. The molecule has 0 radical (unpaired) electrons. The van der Waals surface area contributed by atoms with Crippen molar-refractivity contribution in [3.63, 3.8) is 0 Å². The van der Waals surface area contributed by atoms with Crippen LogP contribution in [0, 0.1) is 0 Å². The number of nitrogens with one attached hydrogen (secondary N) is 1. The monoisotopic (exact) mass is 427 g/mol. The third kappa shape index (κ3) is 4.10. The van der Waals surface area contributed by atoms with Gasteiger partial charge in [0.1, 0.15) is 5.75 Å². The average molecular weight is 428 g/mol. The first-order valence-electron chi connectivity index (χ1n) is 10.9. The highest BCUT2D eigenvalue weighted by Gasteiger charge is 2.23. The fraction of sp³-hybridized carbons (Fsp3) is 0.500. The maximum atomic E-state index is 13.3. The van der Waals surface area contributed by atoms with Crippen molar-refractivity contribution in [2.24, 2.45) is 0 Å². The third-order valence-corrected chi connectivity index (χ3v) is 5.97. The summed E-state index contributed by atoms with van der Waals surface area (Å²) in [7, 11) is 0. The van der Waals surface area contributed by atoms with E-state index >= 15 is 0 Å². The van der Waals surface area contributed by atoms with Gasteiger partial charge in [-0.1, -0.05) is 31.4 Å². The summed E-state index contributed by atoms with van der Waals surface area (Å²) in [6.07, 6.45) is 5.58. The second-order valence-corrected chi connectivity index (χ2v) is 8.05. The summed E-state index contributed by atoms with van der Waals surface area (Å²) in [5.74, 6) is 0.719. The van der Waals surface area contributed by atoms with E-state index in [2.05, 4.69) is 10.3 Å². The zero-order valence-electron chi connectivity index (χ0n) is 17.8. The Morgan fingerprint density at radius 2 is 1.77 bits per heavy atom. The van der Waals surface area contributed by atoms with Crippen molar-refractivity contribution >= 4 is 17.1 Å². The second kappa shape index (κ2) is 8.97. The summed E-state index contributed by atoms with van der Waals surface area (Å²) in [5.41, 5.74) is 0.658. The second-order valence-electron chi connectivity index (χ2n) is 8.05. The molecule has 9 heteroatoms. The summed E-state index contributed by atoms with van der Waals surface area (Å²) in [6.45, 7) is 2.18. The lowest BCUT2D eigenvalue weighted by Gasteiger charge is -2.23. The lowest BCUT2D eigenvalue weighted by atomic mass is 9.96. The molecular weight excluding hydrogens is 398 g/mol. The van der Waals surface area contributed by atoms with Crippen LogP contribution in [0.1, 0.15) is 44.6 Å². The van der Waals surface area contributed by atoms with Crippen LogP contribution >= 0.6 is 0 Å². The molecule has 1 aliphatic carbocycles. The molecule has 31 heavy (non-hydrogen) atoms. The van der Waals surface area contributed by atoms with Gasteiger partial charge < -0.3 is 15.5 Å². The first kappa shape index (κ1) is 21.2. The van der Waals surface area contributed by atoms with Crippen LogP contribution in [-0.4, -0.2) is 41.5 Å². The number of phenolic OH excluding ortho intramolecular Hbond substituents is 1. The molecule has 166 valence electrons. The quantitative estimate of drug-likeness (QED) is 0.530. The van der Waals surface area contributed by atoms with Crippen molar-refractivity contribution in [1.29, 1.82) is 0 Å². The summed E-state index contributed by atoms with van der Waals surface area (Å²) in [4.78, 5) is 30.8. The smallest absolute Gasteiger partial charge is 0.332 e. The molecule has 2 aromatic heterocycles. The van der Waals surface area contributed by atoms with E-state index in [-0.39, 0.29) is 42.7 Å². The minimum absolute atomic E-state index is 0.0642. The Hall–Kier alpha value is -3.07. The number of aromatic hydroxyl groups is 1. The number of phenols is 1. The van der Waals surface area contributed by atoms with Crippen LogP contribution in [0.4, 0.5) is 5.95 Å². The molecule has 0 amide bonds. The number of hydrogen-bond donors (Lipinski definition) is 3. The van der Waals surface area contributed by atoms with Crippen LogP contribution in [0.3, 0.4) is 0 Å². The van der Waals surface area contributed by atoms with Crippen LogP contribution in [0.25, 0.3) is 11.2 Å². The Bertz CT molecular complexity index is 1170. The average Bonchev–Trinajstić information content (AvgIpc) is 3.11. The van der Waals surface area contributed by atoms with Gasteiger partial charge in [0.2, 0.25) is 5.95 Å². The maximum absolute atomic E-state index is 13.3. The fourth-order valence-corrected chi connectivity index (χ4v) is 4.35. The molecule has 0 aliphatic heterocycles. The number of aliphatic hydroxyl groups excluding tert-OH is 1. The van der Waals surface area contributed by atoms with E-state index in [1.54, 1.807) is 31.2 Å². The van der Waals surface area contributed by atoms with E-state index in [9.17, 15) is 19.8 Å². The summed E-state index contributed by atoms with van der Waals surface area (Å²) < 4.78 is 4.37. The van der Waals surface area contributed by atoms with Gasteiger partial charge >= 0.3 is 5.69 Å². The minimum Gasteiger partial charge on any atom is -0.508 e. The van der Waals surface area contributed by atoms with Crippen molar-refractivity contribution in [2.45, 2.75) is 64.7 Å². The molecule has 3 N–H and O–H groups in total. The standard InChI is InChI=1S/C22H29N5O4/c1-2-25-20(30)18-19(26(12-13-28)22(25)31)24-21(23-16-6-4-3-5-7-16)27(18)14-15-8-10-17(29)11-9-15/h8-11,16,28-29H,2-7,12-14H2,1H3,(H,23,24). The zero-order valence-corrected chi connectivity index (χ0v) is 17.8. The van der Waals surface area contributed by atoms with Gasteiger partial charge in [-0.3, -0.25) is 18.5 Å². The van der Waals surface area contributed by atoms with Crippen LogP contribution in [0.5, 0.6) is 5.75 Å². The van der Waals surface area contributed by atoms with Gasteiger partial charge in [-0.25, -0.2) is 4.79 Å². The molecule has 0 saturated heterocycles. The SMILES string of the molecule is CCn1c(=O)c2c(nc(NC3CCCCC3)n2Cc2ccc(O)cc2)n(CCO)c1=O. The Morgan fingerprint density at radius 3 is 2.42 bits per heavy atom. The van der Waals surface area contributed by atoms with Crippen molar-refractivity contribution < 1.29 is 10.2 Å². The van der Waals surface area contributed by atoms with Gasteiger partial charge in [-0.15, -0.1) is 0 Å². The largest absolute Gasteiger partial charge is 0.508 e. The molecule has 1 saturated carbocycles. The molecule has 0 spiro atoms. The predicted octanol–water partition coefficient (Wildman–Crippen LogP) is 1.87. The Morgan fingerprint density at radius 1 is 1.06 bits per heavy atom. The normalized spacial score (nSPS) is 14.9. The lowest BCUT2D eigenvalue weighted by molar-refractivity contribution is 0.274. The van der Waals surface area contributed by atoms with Crippen molar-refractivity contribution in [2.75, 3.05) is 11.9 Å². The number of nitrogens with zero attached hydrogens (tertiary/aromatic N) is 4. The van der Waals surface area contributed by atoms with E-state index in [4.69, 9.17) is 0 Å². The topological polar surface area (TPSA) is 114 Å². The highest BCUT2D eigenvalue weighted by molar-refractivity contribution is 5.74. The Kier molecular flexibility index (Phi) is 6.13. The van der Waals surface area contributed by atoms with Crippen LogP contribution in [-0.2, 0) is 19.6 Å². The molecule has 1 aromatic carbocycles. The third-order valence-electron chi connectivity index (χ3n) is 5.97. The molecule has 0 atom stereocenters. The number of benzene rings is 1. The molecule has 0 bridgehead atoms. The summed E-state index contributed by atoms with van der Waals surface area (Å²) in [5, 5.41) is 22.6. The van der Waals surface area contributed by atoms with Gasteiger partial charge in [0.15, 0.2) is 11.2 Å². The van der Waals surface area contributed by atoms with E-state index in [0.717, 1.165) is 31.2 Å². The van der Waals surface area contributed by atoms with Gasteiger partial charge in [0.05, 0.1) is 19.7 Å². The molecule has 3 aromatic rings. The predicted molar refractivity (Wildman–Crippen MR) is 119 cm³/mol. The highest BCUT2D eigenvalue weighted by atomic mass is 16.3. The number of anilines is 1. The number of aliphatic hydroxyl groups is 1. The van der Waals surface area contributed by atoms with Crippen molar-refractivity contribution in [1.82, 2.24) is 18.7 Å². The first-order valence-corrected chi connectivity index (χ1v) is 10.9. The highest BCUT2D eigenvalue weighted by Crippen LogP contribution is 2.24. The van der Waals surface area contributed by atoms with Gasteiger partial charge in [-0.05, 0) is 37.5 Å². The number of rotatable bonds is 7. The van der Waals surface area contributed by atoms with E-state index in [1.165, 1.54) is 15.6 Å². The molecule has 2 heterocycles. The van der Waals surface area contributed by atoms with Gasteiger partial charge in [0, 0.05) is 12.6 Å². The molecule has 1 aliphatic rings. The van der Waals surface area contributed by atoms with Gasteiger partial charge in [-0.2, -0.15) is 4.98 Å². The maximum Gasteiger partial charge on any atom is 0.332 e. The van der Waals surface area contributed by atoms with Crippen LogP contribution in [0.2, 0.25) is 0 Å². The Balaban J connectivity index is 1.91. The molecule has 4 rings (SSSR count). The molecule has 0 unspecified atom stereocenters. The first-order chi connectivity index (χ1) is 15.0. The van der Waals surface area contributed by atoms with Crippen LogP contribution in [0.15, 0.2) is 33.9 Å². The van der Waals surface area contributed by atoms with Crippen molar-refractivity contribution in [3.05, 3.63) is 50.7 Å². The minimum atomic E-state index is -0.465. The number of imidazole rings is 1. The summed E-state index contributed by atoms with van der Waals surface area (Å²) >= 11 is 0. The van der Waals surface area contributed by atoms with E-state index < -0.39 is 5.69 Å². The van der Waals surface area contributed by atoms with Crippen LogP contribution < -0.4 is 16.6 Å². The number of fused-ring (bicyclic) bond motifs is 1.